The smallest absolute Gasteiger partial charge is 0.255 e. The highest BCUT2D eigenvalue weighted by atomic mass is 32.2. The van der Waals surface area contributed by atoms with Crippen LogP contribution in [-0.2, 0) is 0 Å². The normalized spacial score (nSPS) is 10.1. The molecule has 0 heterocycles. The zero-order valence-electron chi connectivity index (χ0n) is 10.2. The van der Waals surface area contributed by atoms with Gasteiger partial charge in [-0.3, -0.25) is 4.79 Å². The maximum atomic E-state index is 12.1. The summed E-state index contributed by atoms with van der Waals surface area (Å²) in [6.45, 7) is 2.10. The Morgan fingerprint density at radius 3 is 2.61 bits per heavy atom. The molecule has 0 bridgehead atoms. The molecule has 0 saturated carbocycles. The fourth-order valence-electron chi connectivity index (χ4n) is 1.62. The number of hydrogen-bond donors (Lipinski definition) is 1. The first-order chi connectivity index (χ1) is 8.79. The number of amides is 1. The van der Waals surface area contributed by atoms with Crippen molar-refractivity contribution in [3.05, 3.63) is 60.2 Å². The maximum Gasteiger partial charge on any atom is 0.255 e. The van der Waals surface area contributed by atoms with Crippen LogP contribution in [0.5, 0.6) is 0 Å². The molecule has 0 aromatic heterocycles. The predicted octanol–water partition coefficient (Wildman–Crippen LogP) is 4.05. The maximum absolute atomic E-state index is 12.1. The number of carbonyl (C=O) groups excluding carboxylic acids is 1. The van der Waals surface area contributed by atoms with E-state index in [-0.39, 0.29) is 5.91 Å². The molecule has 0 aliphatic rings. The zero-order chi connectivity index (χ0) is 12.8. The summed E-state index contributed by atoms with van der Waals surface area (Å²) in [5.41, 5.74) is 1.51. The van der Waals surface area contributed by atoms with E-state index >= 15 is 0 Å². The van der Waals surface area contributed by atoms with Crippen molar-refractivity contribution in [1.82, 2.24) is 0 Å². The van der Waals surface area contributed by atoms with Gasteiger partial charge >= 0.3 is 0 Å². The van der Waals surface area contributed by atoms with Gasteiger partial charge in [0.25, 0.3) is 5.91 Å². The van der Waals surface area contributed by atoms with Crippen molar-refractivity contribution in [1.29, 1.82) is 0 Å². The van der Waals surface area contributed by atoms with E-state index in [0.717, 1.165) is 16.3 Å². The SMILES string of the molecule is CCSc1cccc(C(=O)Nc2ccccc2)c1. The predicted molar refractivity (Wildman–Crippen MR) is 77.2 cm³/mol. The molecule has 0 aliphatic heterocycles. The lowest BCUT2D eigenvalue weighted by Crippen LogP contribution is -2.11. The Balaban J connectivity index is 2.11. The Kier molecular flexibility index (Phi) is 4.42. The molecule has 2 nitrogen and oxygen atoms in total. The highest BCUT2D eigenvalue weighted by molar-refractivity contribution is 7.99. The zero-order valence-corrected chi connectivity index (χ0v) is 11.0. The third-order valence-corrected chi connectivity index (χ3v) is 3.31. The number of hydrogen-bond acceptors (Lipinski definition) is 2. The minimum Gasteiger partial charge on any atom is -0.322 e. The fraction of sp³-hybridized carbons (Fsp3) is 0.133. The standard InChI is InChI=1S/C15H15NOS/c1-2-18-14-10-6-7-12(11-14)15(17)16-13-8-4-3-5-9-13/h3-11H,2H2,1H3,(H,16,17). The van der Waals surface area contributed by atoms with Gasteiger partial charge in [0.1, 0.15) is 0 Å². The molecule has 2 rings (SSSR count). The topological polar surface area (TPSA) is 29.1 Å². The largest absolute Gasteiger partial charge is 0.322 e. The molecular formula is C15H15NOS. The third-order valence-electron chi connectivity index (χ3n) is 2.44. The van der Waals surface area contributed by atoms with Gasteiger partial charge in [-0.15, -0.1) is 11.8 Å². The number of nitrogens with one attached hydrogen (secondary N) is 1. The van der Waals surface area contributed by atoms with E-state index in [1.165, 1.54) is 0 Å². The number of thioether (sulfide) groups is 1. The minimum absolute atomic E-state index is 0.0697. The van der Waals surface area contributed by atoms with Crippen molar-refractivity contribution in [3.63, 3.8) is 0 Å². The van der Waals surface area contributed by atoms with Crippen molar-refractivity contribution in [2.45, 2.75) is 11.8 Å². The van der Waals surface area contributed by atoms with Crippen molar-refractivity contribution in [2.24, 2.45) is 0 Å². The average molecular weight is 257 g/mol. The first-order valence-electron chi connectivity index (χ1n) is 5.89. The van der Waals surface area contributed by atoms with Crippen LogP contribution in [-0.4, -0.2) is 11.7 Å². The van der Waals surface area contributed by atoms with E-state index in [1.807, 2.05) is 54.6 Å². The third kappa shape index (κ3) is 3.37. The van der Waals surface area contributed by atoms with Crippen LogP contribution >= 0.6 is 11.8 Å². The Morgan fingerprint density at radius 2 is 1.89 bits per heavy atom. The van der Waals surface area contributed by atoms with Gasteiger partial charge in [-0.25, -0.2) is 0 Å². The number of rotatable bonds is 4. The van der Waals surface area contributed by atoms with Gasteiger partial charge in [-0.1, -0.05) is 31.2 Å². The van der Waals surface area contributed by atoms with Crippen molar-refractivity contribution < 1.29 is 4.79 Å². The molecule has 92 valence electrons. The van der Waals surface area contributed by atoms with Crippen LogP contribution in [0.3, 0.4) is 0 Å². The molecule has 2 aromatic carbocycles. The quantitative estimate of drug-likeness (QED) is 0.837. The summed E-state index contributed by atoms with van der Waals surface area (Å²) in [4.78, 5) is 13.2. The first kappa shape index (κ1) is 12.7. The monoisotopic (exact) mass is 257 g/mol. The Labute approximate surface area is 111 Å². The lowest BCUT2D eigenvalue weighted by Gasteiger charge is -2.06. The molecule has 1 N–H and O–H groups in total. The molecule has 0 fully saturated rings. The highest BCUT2D eigenvalue weighted by Gasteiger charge is 2.06. The van der Waals surface area contributed by atoms with E-state index in [1.54, 1.807) is 11.8 Å². The molecule has 0 radical (unpaired) electrons. The molecule has 1 amide bonds. The molecule has 0 atom stereocenters. The van der Waals surface area contributed by atoms with Gasteiger partial charge in [0, 0.05) is 16.1 Å². The molecule has 3 heteroatoms. The Hall–Kier alpha value is -1.74. The summed E-state index contributed by atoms with van der Waals surface area (Å²) < 4.78 is 0. The van der Waals surface area contributed by atoms with Crippen LogP contribution in [0.15, 0.2) is 59.5 Å². The number of anilines is 1. The van der Waals surface area contributed by atoms with E-state index in [4.69, 9.17) is 0 Å². The molecule has 0 spiro atoms. The van der Waals surface area contributed by atoms with Crippen LogP contribution in [0, 0.1) is 0 Å². The lowest BCUT2D eigenvalue weighted by atomic mass is 10.2. The molecule has 0 saturated heterocycles. The van der Waals surface area contributed by atoms with Crippen LogP contribution in [0.4, 0.5) is 5.69 Å². The van der Waals surface area contributed by atoms with Crippen LogP contribution < -0.4 is 5.32 Å². The minimum atomic E-state index is -0.0697. The second-order valence-electron chi connectivity index (χ2n) is 3.78. The van der Waals surface area contributed by atoms with Crippen molar-refractivity contribution >= 4 is 23.4 Å². The molecule has 0 aliphatic carbocycles. The van der Waals surface area contributed by atoms with Crippen molar-refractivity contribution in [3.8, 4) is 0 Å². The van der Waals surface area contributed by atoms with Gasteiger partial charge in [0.15, 0.2) is 0 Å². The second kappa shape index (κ2) is 6.26. The van der Waals surface area contributed by atoms with Gasteiger partial charge in [-0.05, 0) is 36.1 Å². The summed E-state index contributed by atoms with van der Waals surface area (Å²) in [7, 11) is 0. The average Bonchev–Trinajstić information content (AvgIpc) is 2.40. The Morgan fingerprint density at radius 1 is 1.11 bits per heavy atom. The van der Waals surface area contributed by atoms with Gasteiger partial charge in [-0.2, -0.15) is 0 Å². The summed E-state index contributed by atoms with van der Waals surface area (Å²) in [6.07, 6.45) is 0. The summed E-state index contributed by atoms with van der Waals surface area (Å²) in [6, 6.07) is 17.2. The molecule has 18 heavy (non-hydrogen) atoms. The van der Waals surface area contributed by atoms with E-state index in [0.29, 0.717) is 5.56 Å². The van der Waals surface area contributed by atoms with E-state index < -0.39 is 0 Å². The first-order valence-corrected chi connectivity index (χ1v) is 6.87. The number of para-hydroxylation sites is 1. The summed E-state index contributed by atoms with van der Waals surface area (Å²) >= 11 is 1.73. The number of benzene rings is 2. The molecule has 2 aromatic rings. The van der Waals surface area contributed by atoms with Crippen LogP contribution in [0.1, 0.15) is 17.3 Å². The summed E-state index contributed by atoms with van der Waals surface area (Å²) in [5.74, 6) is 0.934. The molecular weight excluding hydrogens is 242 g/mol. The van der Waals surface area contributed by atoms with Crippen LogP contribution in [0.25, 0.3) is 0 Å². The lowest BCUT2D eigenvalue weighted by molar-refractivity contribution is 0.102. The summed E-state index contributed by atoms with van der Waals surface area (Å²) in [5, 5.41) is 2.88. The van der Waals surface area contributed by atoms with Gasteiger partial charge in [0.05, 0.1) is 0 Å². The fourth-order valence-corrected chi connectivity index (χ4v) is 2.34. The van der Waals surface area contributed by atoms with Crippen LogP contribution in [0.2, 0.25) is 0 Å². The van der Waals surface area contributed by atoms with Crippen molar-refractivity contribution in [2.75, 3.05) is 11.1 Å². The number of carbonyl (C=O) groups is 1. The Bertz CT molecular complexity index is 525. The van der Waals surface area contributed by atoms with E-state index in [2.05, 4.69) is 12.2 Å². The van der Waals surface area contributed by atoms with Gasteiger partial charge < -0.3 is 5.32 Å². The molecule has 0 unspecified atom stereocenters. The second-order valence-corrected chi connectivity index (χ2v) is 5.12. The van der Waals surface area contributed by atoms with Gasteiger partial charge in [0.2, 0.25) is 0 Å². The highest BCUT2D eigenvalue weighted by Crippen LogP contribution is 2.19. The van der Waals surface area contributed by atoms with E-state index in [9.17, 15) is 4.79 Å².